The fourth-order valence-electron chi connectivity index (χ4n) is 0.573. The van der Waals surface area contributed by atoms with Crippen molar-refractivity contribution in [3.63, 3.8) is 0 Å². The molecule has 0 bridgehead atoms. The zero-order valence-corrected chi connectivity index (χ0v) is 10.4. The van der Waals surface area contributed by atoms with Gasteiger partial charge in [0, 0.05) is 0 Å². The van der Waals surface area contributed by atoms with E-state index in [1.165, 1.54) is 0 Å². The van der Waals surface area contributed by atoms with Gasteiger partial charge < -0.3 is 0 Å². The van der Waals surface area contributed by atoms with Gasteiger partial charge in [0.1, 0.15) is 0 Å². The van der Waals surface area contributed by atoms with E-state index in [0.29, 0.717) is 0 Å². The molecule has 0 aromatic heterocycles. The van der Waals surface area contributed by atoms with Gasteiger partial charge in [0.2, 0.25) is 4.18 Å². The van der Waals surface area contributed by atoms with E-state index in [9.17, 15) is 50.2 Å². The van der Waals surface area contributed by atoms with Gasteiger partial charge in [-0.3, -0.25) is 0 Å². The maximum atomic E-state index is 12.3. The van der Waals surface area contributed by atoms with Crippen molar-refractivity contribution in [3.05, 3.63) is 0 Å². The molecule has 0 aliphatic carbocycles. The molecule has 0 aromatic carbocycles. The first kappa shape index (κ1) is 18.2. The smallest absolute Gasteiger partial charge is 0.229 e. The zero-order valence-electron chi connectivity index (χ0n) is 7.40. The van der Waals surface area contributed by atoms with E-state index < -0.39 is 31.5 Å². The number of hydrogen-bond acceptors (Lipinski definition) is 0. The number of alkyl halides is 8. The van der Waals surface area contributed by atoms with Gasteiger partial charge in [-0.2, -0.15) is 26.3 Å². The molecule has 0 N–H and O–H groups in total. The molecule has 0 radical (unpaired) electrons. The zero-order chi connectivity index (χ0) is 15.5. The van der Waals surface area contributed by atoms with E-state index in [4.69, 9.17) is 0 Å². The predicted octanol–water partition coefficient (Wildman–Crippen LogP) is 5.88. The Morgan fingerprint density at radius 1 is 0.778 bits per heavy atom. The Bertz CT molecular complexity index is 337. The van der Waals surface area contributed by atoms with Crippen molar-refractivity contribution in [3.8, 4) is 0 Å². The average Bonchev–Trinajstić information content (AvgIpc) is 1.97. The summed E-state index contributed by atoms with van der Waals surface area (Å²) in [5.41, 5.74) is 0. The highest BCUT2D eigenvalue weighted by molar-refractivity contribution is 14.1. The van der Waals surface area contributed by atoms with Crippen LogP contribution in [0.2, 0.25) is 0 Å². The molecule has 114 valence electrons. The summed E-state index contributed by atoms with van der Waals surface area (Å²) in [4.78, 5) is 0. The minimum atomic E-state index is -12.3. The fourth-order valence-corrected chi connectivity index (χ4v) is 1.58. The van der Waals surface area contributed by atoms with Crippen LogP contribution in [-0.2, 0) is 0 Å². The lowest BCUT2D eigenvalue weighted by atomic mass is 10.2. The summed E-state index contributed by atoms with van der Waals surface area (Å²) in [5, 5.41) is -8.37. The monoisotopic (exact) mass is 436 g/mol. The van der Waals surface area contributed by atoms with Crippen LogP contribution < -0.4 is 0 Å². The third-order valence-corrected chi connectivity index (χ3v) is 3.55. The molecule has 0 fully saturated rings. The lowest BCUT2D eigenvalue weighted by Gasteiger charge is -2.49. The van der Waals surface area contributed by atoms with E-state index in [-0.39, 0.29) is 22.6 Å². The van der Waals surface area contributed by atoms with Crippen molar-refractivity contribution in [1.29, 1.82) is 0 Å². The molecule has 0 aromatic rings. The van der Waals surface area contributed by atoms with Crippen LogP contribution >= 0.6 is 32.8 Å². The maximum absolute atomic E-state index is 12.3. The van der Waals surface area contributed by atoms with Gasteiger partial charge in [0.25, 0.3) is 0 Å². The second-order valence-electron chi connectivity index (χ2n) is 2.98. The third kappa shape index (κ3) is 2.45. The Morgan fingerprint density at radius 3 is 1.22 bits per heavy atom. The largest absolute Gasteiger partial charge is 0.450 e. The summed E-state index contributed by atoms with van der Waals surface area (Å²) in [5.74, 6) is -14.3. The summed E-state index contributed by atoms with van der Waals surface area (Å²) in [6.07, 6.45) is 0. The third-order valence-electron chi connectivity index (χ3n) is 1.54. The van der Waals surface area contributed by atoms with Crippen molar-refractivity contribution < 1.29 is 50.2 Å². The highest BCUT2D eigenvalue weighted by Crippen LogP contribution is 3.06. The minimum absolute atomic E-state index is 0.241. The fraction of sp³-hybridized carbons (Fsp3) is 1.00. The average molecular weight is 436 g/mol. The molecule has 18 heavy (non-hydrogen) atoms. The first-order chi connectivity index (χ1) is 7.19. The van der Waals surface area contributed by atoms with Crippen molar-refractivity contribution in [2.75, 3.05) is 0 Å². The quantitative estimate of drug-likeness (QED) is 0.294. The van der Waals surface area contributed by atoms with Crippen molar-refractivity contribution in [2.24, 2.45) is 0 Å². The Morgan fingerprint density at radius 2 is 1.06 bits per heavy atom. The molecule has 1 atom stereocenters. The predicted molar refractivity (Wildman–Crippen MR) is 46.9 cm³/mol. The van der Waals surface area contributed by atoms with E-state index >= 15 is 0 Å². The van der Waals surface area contributed by atoms with Gasteiger partial charge >= 0.3 is 27.3 Å². The van der Waals surface area contributed by atoms with Gasteiger partial charge in [-0.15, -0.1) is 0 Å². The maximum Gasteiger partial charge on any atom is 0.450 e. The molecule has 14 heteroatoms. The van der Waals surface area contributed by atoms with Gasteiger partial charge in [-0.25, -0.2) is 4.39 Å². The Balaban J connectivity index is 6.10. The summed E-state index contributed by atoms with van der Waals surface area (Å²) >= 11 is -0.241. The molecule has 0 amide bonds. The highest BCUT2D eigenvalue weighted by atomic mass is 127. The van der Waals surface area contributed by atoms with E-state index in [1.807, 2.05) is 0 Å². The van der Waals surface area contributed by atoms with Crippen molar-refractivity contribution in [1.82, 2.24) is 0 Å². The Labute approximate surface area is 105 Å². The lowest BCUT2D eigenvalue weighted by Crippen LogP contribution is -2.61. The summed E-state index contributed by atoms with van der Waals surface area (Å²) in [6, 6.07) is 0. The van der Waals surface area contributed by atoms with Crippen LogP contribution in [0.15, 0.2) is 0 Å². The van der Waals surface area contributed by atoms with Gasteiger partial charge in [0.05, 0.1) is 0 Å². The first-order valence-electron chi connectivity index (χ1n) is 3.33. The molecular formula is C4HF12IS. The van der Waals surface area contributed by atoms with Gasteiger partial charge in [-0.1, -0.05) is 19.4 Å². The van der Waals surface area contributed by atoms with Gasteiger partial charge in [-0.05, 0) is 22.6 Å². The molecule has 0 aliphatic heterocycles. The molecule has 0 nitrogen and oxygen atoms in total. The lowest BCUT2D eigenvalue weighted by molar-refractivity contribution is -0.293. The normalized spacial score (nSPS) is 21.2. The second-order valence-corrected chi connectivity index (χ2v) is 6.53. The Kier molecular flexibility index (Phi) is 3.51. The van der Waals surface area contributed by atoms with Gasteiger partial charge in [0.15, 0.2) is 0 Å². The number of hydrogen-bond donors (Lipinski definition) is 0. The summed E-state index contributed by atoms with van der Waals surface area (Å²) in [7, 11) is -12.3. The van der Waals surface area contributed by atoms with Crippen LogP contribution in [0.4, 0.5) is 50.2 Å². The molecule has 0 rings (SSSR count). The first-order valence-corrected chi connectivity index (χ1v) is 6.53. The molecule has 0 spiro atoms. The topological polar surface area (TPSA) is 0 Å². The molecule has 0 aliphatic rings. The molecule has 0 saturated heterocycles. The highest BCUT2D eigenvalue weighted by Gasteiger charge is 2.96. The van der Waals surface area contributed by atoms with Crippen LogP contribution in [-0.4, -0.2) is 21.3 Å². The molecule has 0 heterocycles. The molecule has 0 saturated carbocycles. The summed E-state index contributed by atoms with van der Waals surface area (Å²) < 4.78 is 139. The summed E-state index contributed by atoms with van der Waals surface area (Å²) in [6.45, 7) is 0. The molecular weight excluding hydrogens is 435 g/mol. The molecule has 1 unspecified atom stereocenters. The van der Waals surface area contributed by atoms with E-state index in [2.05, 4.69) is 0 Å². The minimum Gasteiger partial charge on any atom is -0.229 e. The van der Waals surface area contributed by atoms with Crippen LogP contribution in [0.1, 0.15) is 0 Å². The SMILES string of the molecule is FC(I)C(F)(F)C(F)(F)C(F)(F)S(F)(F)(F)(F)F. The number of rotatable bonds is 4. The van der Waals surface area contributed by atoms with E-state index in [0.717, 1.165) is 0 Å². The standard InChI is InChI=1S/C4HF12IS/c5-1(17)2(6,7)3(8,9)4(10,11)18(12,13,14,15)16/h1H. The second kappa shape index (κ2) is 3.46. The van der Waals surface area contributed by atoms with Crippen LogP contribution in [0.5, 0.6) is 0 Å². The Hall–Kier alpha value is 0.240. The van der Waals surface area contributed by atoms with Crippen LogP contribution in [0, 0.1) is 0 Å². The number of halogens is 13. The van der Waals surface area contributed by atoms with Crippen LogP contribution in [0.25, 0.3) is 0 Å². The van der Waals surface area contributed by atoms with E-state index in [1.54, 1.807) is 0 Å². The van der Waals surface area contributed by atoms with Crippen molar-refractivity contribution in [2.45, 2.75) is 21.3 Å². The van der Waals surface area contributed by atoms with Crippen LogP contribution in [0.3, 0.4) is 0 Å². The van der Waals surface area contributed by atoms with Crippen molar-refractivity contribution >= 4 is 32.8 Å².